The molecule has 0 saturated heterocycles. The molecule has 0 saturated carbocycles. The van der Waals surface area contributed by atoms with Crippen molar-refractivity contribution < 1.29 is 0 Å². The van der Waals surface area contributed by atoms with Crippen molar-refractivity contribution >= 4 is 33.9 Å². The number of anilines is 3. The molecule has 0 radical (unpaired) electrons. The first-order valence-electron chi connectivity index (χ1n) is 10.5. The number of hydrogen-bond acceptors (Lipinski definition) is 1. The van der Waals surface area contributed by atoms with Crippen LogP contribution in [0.4, 0.5) is 17.1 Å². The maximum absolute atomic E-state index is 2.39. The quantitative estimate of drug-likeness (QED) is 0.343. The second-order valence-corrected chi connectivity index (χ2v) is 7.71. The van der Waals surface area contributed by atoms with Gasteiger partial charge in [0.25, 0.3) is 0 Å². The van der Waals surface area contributed by atoms with Crippen LogP contribution >= 0.6 is 0 Å². The van der Waals surface area contributed by atoms with E-state index in [2.05, 4.69) is 109 Å². The molecular formula is C28H25N. The summed E-state index contributed by atoms with van der Waals surface area (Å²) in [5.74, 6) is 0. The minimum atomic E-state index is 1.00. The SMILES string of the molecule is CCCc1ccc(N(c2ccccc2)c2ccc3cccc4c3c2C=CC4)cc1. The summed E-state index contributed by atoms with van der Waals surface area (Å²) in [7, 11) is 0. The predicted molar refractivity (Wildman–Crippen MR) is 125 cm³/mol. The van der Waals surface area contributed by atoms with E-state index in [1.807, 2.05) is 0 Å². The molecule has 0 unspecified atom stereocenters. The first-order chi connectivity index (χ1) is 14.3. The van der Waals surface area contributed by atoms with Crippen LogP contribution in [0.5, 0.6) is 0 Å². The molecule has 0 amide bonds. The smallest absolute Gasteiger partial charge is 0.0540 e. The normalized spacial score (nSPS) is 12.3. The minimum absolute atomic E-state index is 1.00. The van der Waals surface area contributed by atoms with Crippen molar-refractivity contribution in [3.63, 3.8) is 0 Å². The highest BCUT2D eigenvalue weighted by Gasteiger charge is 2.19. The number of nitrogens with zero attached hydrogens (tertiary/aromatic N) is 1. The Morgan fingerprint density at radius 2 is 1.55 bits per heavy atom. The highest BCUT2D eigenvalue weighted by molar-refractivity contribution is 6.01. The fourth-order valence-electron chi connectivity index (χ4n) is 4.42. The van der Waals surface area contributed by atoms with E-state index in [1.165, 1.54) is 50.9 Å². The molecule has 1 aliphatic rings. The topological polar surface area (TPSA) is 3.24 Å². The van der Waals surface area contributed by atoms with Crippen LogP contribution in [-0.2, 0) is 12.8 Å². The largest absolute Gasteiger partial charge is 0.310 e. The van der Waals surface area contributed by atoms with E-state index < -0.39 is 0 Å². The fraction of sp³-hybridized carbons (Fsp3) is 0.143. The second kappa shape index (κ2) is 7.60. The standard InChI is InChI=1S/C28H25N/c1-2-8-21-15-18-25(19-16-21)29(24-12-4-3-5-13-24)27-20-17-23-10-6-9-22-11-7-14-26(27)28(22)23/h3-7,9-10,12-20H,2,8,11H2,1H3. The maximum atomic E-state index is 2.39. The van der Waals surface area contributed by atoms with Crippen molar-refractivity contribution in [1.82, 2.24) is 0 Å². The number of rotatable bonds is 5. The minimum Gasteiger partial charge on any atom is -0.310 e. The summed E-state index contributed by atoms with van der Waals surface area (Å²) in [5, 5.41) is 2.70. The van der Waals surface area contributed by atoms with Crippen molar-refractivity contribution in [3.05, 3.63) is 108 Å². The Bertz CT molecular complexity index is 1170. The zero-order valence-corrected chi connectivity index (χ0v) is 16.8. The van der Waals surface area contributed by atoms with E-state index in [0.29, 0.717) is 0 Å². The average molecular weight is 376 g/mol. The predicted octanol–water partition coefficient (Wildman–Crippen LogP) is 7.83. The Kier molecular flexibility index (Phi) is 4.65. The molecule has 0 bridgehead atoms. The zero-order valence-electron chi connectivity index (χ0n) is 16.8. The molecule has 0 aromatic heterocycles. The van der Waals surface area contributed by atoms with Gasteiger partial charge in [-0.3, -0.25) is 0 Å². The van der Waals surface area contributed by atoms with E-state index in [-0.39, 0.29) is 0 Å². The molecule has 0 N–H and O–H groups in total. The highest BCUT2D eigenvalue weighted by Crippen LogP contribution is 2.42. The van der Waals surface area contributed by atoms with E-state index in [1.54, 1.807) is 0 Å². The lowest BCUT2D eigenvalue weighted by molar-refractivity contribution is 0.922. The van der Waals surface area contributed by atoms with Gasteiger partial charge in [-0.2, -0.15) is 0 Å². The van der Waals surface area contributed by atoms with Crippen molar-refractivity contribution in [2.45, 2.75) is 26.2 Å². The van der Waals surface area contributed by atoms with Crippen LogP contribution in [0, 0.1) is 0 Å². The summed E-state index contributed by atoms with van der Waals surface area (Å²) in [4.78, 5) is 2.39. The molecule has 0 heterocycles. The van der Waals surface area contributed by atoms with Gasteiger partial charge in [-0.05, 0) is 65.1 Å². The van der Waals surface area contributed by atoms with Gasteiger partial charge in [0.15, 0.2) is 0 Å². The second-order valence-electron chi connectivity index (χ2n) is 7.71. The van der Waals surface area contributed by atoms with Crippen LogP contribution in [0.25, 0.3) is 16.8 Å². The number of hydrogen-bond donors (Lipinski definition) is 0. The van der Waals surface area contributed by atoms with Crippen LogP contribution < -0.4 is 4.90 Å². The van der Waals surface area contributed by atoms with Crippen LogP contribution in [0.1, 0.15) is 30.0 Å². The molecule has 0 fully saturated rings. The summed E-state index contributed by atoms with van der Waals surface area (Å²) in [5.41, 5.74) is 7.73. The fourth-order valence-corrected chi connectivity index (χ4v) is 4.42. The summed E-state index contributed by atoms with van der Waals surface area (Å²) in [6, 6.07) is 30.9. The van der Waals surface area contributed by atoms with Gasteiger partial charge in [-0.25, -0.2) is 0 Å². The molecule has 1 heteroatoms. The molecule has 29 heavy (non-hydrogen) atoms. The Hall–Kier alpha value is -3.32. The molecule has 5 rings (SSSR count). The maximum Gasteiger partial charge on any atom is 0.0540 e. The lowest BCUT2D eigenvalue weighted by Crippen LogP contribution is -2.12. The third kappa shape index (κ3) is 3.23. The van der Waals surface area contributed by atoms with Gasteiger partial charge in [0, 0.05) is 16.9 Å². The summed E-state index contributed by atoms with van der Waals surface area (Å²) < 4.78 is 0. The Labute approximate surface area is 172 Å². The third-order valence-electron chi connectivity index (χ3n) is 5.76. The van der Waals surface area contributed by atoms with Crippen molar-refractivity contribution in [3.8, 4) is 0 Å². The van der Waals surface area contributed by atoms with Gasteiger partial charge in [0.2, 0.25) is 0 Å². The number of benzene rings is 4. The molecule has 142 valence electrons. The highest BCUT2D eigenvalue weighted by atomic mass is 15.1. The van der Waals surface area contributed by atoms with Crippen LogP contribution in [-0.4, -0.2) is 0 Å². The number of aryl methyl sites for hydroxylation is 1. The van der Waals surface area contributed by atoms with Gasteiger partial charge in [-0.15, -0.1) is 0 Å². The summed E-state index contributed by atoms with van der Waals surface area (Å²) >= 11 is 0. The Balaban J connectivity index is 1.72. The molecule has 1 aliphatic carbocycles. The average Bonchev–Trinajstić information content (AvgIpc) is 2.78. The first-order valence-corrected chi connectivity index (χ1v) is 10.5. The van der Waals surface area contributed by atoms with Crippen LogP contribution in [0.3, 0.4) is 0 Å². The first kappa shape index (κ1) is 17.8. The van der Waals surface area contributed by atoms with Gasteiger partial charge in [0.1, 0.15) is 0 Å². The van der Waals surface area contributed by atoms with Crippen molar-refractivity contribution in [1.29, 1.82) is 0 Å². The molecule has 1 nitrogen and oxygen atoms in total. The van der Waals surface area contributed by atoms with Gasteiger partial charge < -0.3 is 4.90 Å². The van der Waals surface area contributed by atoms with Crippen LogP contribution in [0.15, 0.2) is 91.0 Å². The van der Waals surface area contributed by atoms with Gasteiger partial charge >= 0.3 is 0 Å². The molecule has 0 aliphatic heterocycles. The molecule has 0 spiro atoms. The monoisotopic (exact) mass is 375 g/mol. The third-order valence-corrected chi connectivity index (χ3v) is 5.76. The van der Waals surface area contributed by atoms with E-state index in [9.17, 15) is 0 Å². The Morgan fingerprint density at radius 3 is 2.34 bits per heavy atom. The van der Waals surface area contributed by atoms with Crippen molar-refractivity contribution in [2.75, 3.05) is 4.90 Å². The lowest BCUT2D eigenvalue weighted by Gasteiger charge is -2.29. The lowest BCUT2D eigenvalue weighted by atomic mass is 9.91. The molecule has 4 aromatic carbocycles. The van der Waals surface area contributed by atoms with E-state index in [4.69, 9.17) is 0 Å². The van der Waals surface area contributed by atoms with E-state index in [0.717, 1.165) is 12.8 Å². The van der Waals surface area contributed by atoms with Gasteiger partial charge in [-0.1, -0.05) is 80.1 Å². The zero-order chi connectivity index (χ0) is 19.6. The Morgan fingerprint density at radius 1 is 0.759 bits per heavy atom. The molecule has 4 aromatic rings. The van der Waals surface area contributed by atoms with E-state index >= 15 is 0 Å². The summed E-state index contributed by atoms with van der Waals surface area (Å²) in [6.07, 6.45) is 7.88. The number of allylic oxidation sites excluding steroid dienone is 1. The number of para-hydroxylation sites is 1. The molecule has 0 atom stereocenters. The summed E-state index contributed by atoms with van der Waals surface area (Å²) in [6.45, 7) is 2.23. The van der Waals surface area contributed by atoms with Gasteiger partial charge in [0.05, 0.1) is 5.69 Å². The molecular weight excluding hydrogens is 350 g/mol. The van der Waals surface area contributed by atoms with Crippen molar-refractivity contribution in [2.24, 2.45) is 0 Å². The van der Waals surface area contributed by atoms with Crippen LogP contribution in [0.2, 0.25) is 0 Å².